The number of hydrogen-bond donors (Lipinski definition) is 3. The molecule has 0 amide bonds. The van der Waals surface area contributed by atoms with E-state index in [1.165, 1.54) is 16.8 Å². The summed E-state index contributed by atoms with van der Waals surface area (Å²) < 4.78 is 20.7. The molecule has 2 aromatic rings. The molecule has 0 unspecified atom stereocenters. The number of nitrogens with zero attached hydrogens (tertiary/aromatic N) is 4. The summed E-state index contributed by atoms with van der Waals surface area (Å²) in [5.41, 5.74) is -0.914. The third-order valence-corrected chi connectivity index (χ3v) is 7.13. The third-order valence-electron chi connectivity index (χ3n) is 4.71. The van der Waals surface area contributed by atoms with Crippen LogP contribution in [0.3, 0.4) is 0 Å². The van der Waals surface area contributed by atoms with Crippen LogP contribution in [0.1, 0.15) is 6.04 Å². The monoisotopic (exact) mass is 494 g/mol. The van der Waals surface area contributed by atoms with Gasteiger partial charge in [-0.05, 0) is 17.5 Å². The number of aliphatic hydroxyl groups is 3. The summed E-state index contributed by atoms with van der Waals surface area (Å²) in [5, 5.41) is 41.0. The van der Waals surface area contributed by atoms with Crippen LogP contribution in [-0.4, -0.2) is 66.5 Å². The maximum atomic E-state index is 13.7. The second kappa shape index (κ2) is 9.21. The molecule has 13 heteroatoms. The van der Waals surface area contributed by atoms with Gasteiger partial charge in [0.05, 0.1) is 28.7 Å². The van der Waals surface area contributed by atoms with Crippen molar-refractivity contribution in [1.29, 1.82) is 0 Å². The molecule has 4 rings (SSSR count). The van der Waals surface area contributed by atoms with Gasteiger partial charge in [-0.2, -0.15) is 0 Å². The Kier molecular flexibility index (Phi) is 6.80. The first-order valence-electron chi connectivity index (χ1n) is 8.79. The lowest BCUT2D eigenvalue weighted by molar-refractivity contribution is -0.178. The maximum Gasteiger partial charge on any atom is 0.175 e. The Morgan fingerprint density at radius 1 is 1.27 bits per heavy atom. The Hall–Kier alpha value is -1.05. The van der Waals surface area contributed by atoms with Gasteiger partial charge in [0.2, 0.25) is 0 Å². The number of rotatable bonds is 5. The molecule has 5 atom stereocenters. The van der Waals surface area contributed by atoms with Crippen molar-refractivity contribution in [1.82, 2.24) is 15.0 Å². The van der Waals surface area contributed by atoms with Crippen LogP contribution in [0, 0.1) is 5.82 Å². The van der Waals surface area contributed by atoms with E-state index in [1.807, 2.05) is 16.5 Å². The van der Waals surface area contributed by atoms with Crippen molar-refractivity contribution in [2.75, 3.05) is 17.4 Å². The average Bonchev–Trinajstić information content (AvgIpc) is 3.40. The normalized spacial score (nSPS) is 29.0. The van der Waals surface area contributed by atoms with E-state index in [1.54, 1.807) is 18.0 Å². The summed E-state index contributed by atoms with van der Waals surface area (Å²) >= 11 is 14.3. The molecule has 2 aliphatic rings. The standard InChI is InChI=1S/C17H17Cl2FN4O4S2/c18-9-3-8(4-10(19)13(9)20)30-17-16(27)14(15(26)11(6-25)28-17)24-5-12(21-22-24)23-1-2-29-7-23/h1-5,11,14-17,25-27H,6-7H2/t11-,14+,15+,16-,17-/m1/s1. The smallest absolute Gasteiger partial charge is 0.175 e. The zero-order valence-electron chi connectivity index (χ0n) is 15.2. The zero-order chi connectivity index (χ0) is 21.4. The van der Waals surface area contributed by atoms with Crippen molar-refractivity contribution in [3.05, 3.63) is 45.8 Å². The highest BCUT2D eigenvalue weighted by molar-refractivity contribution is 8.02. The molecule has 2 aliphatic heterocycles. The fraction of sp³-hybridized carbons (Fsp3) is 0.412. The van der Waals surface area contributed by atoms with Gasteiger partial charge in [0.25, 0.3) is 0 Å². The van der Waals surface area contributed by atoms with E-state index in [4.69, 9.17) is 27.9 Å². The van der Waals surface area contributed by atoms with Crippen LogP contribution in [0.25, 0.3) is 0 Å². The van der Waals surface area contributed by atoms with Gasteiger partial charge in [-0.3, -0.25) is 0 Å². The molecule has 0 spiro atoms. The molecule has 1 saturated heterocycles. The Labute approximate surface area is 189 Å². The van der Waals surface area contributed by atoms with Crippen LogP contribution >= 0.6 is 46.7 Å². The van der Waals surface area contributed by atoms with E-state index >= 15 is 0 Å². The molecule has 1 aromatic carbocycles. The van der Waals surface area contributed by atoms with E-state index in [2.05, 4.69) is 10.3 Å². The van der Waals surface area contributed by atoms with Crippen LogP contribution in [0.5, 0.6) is 0 Å². The van der Waals surface area contributed by atoms with Gasteiger partial charge < -0.3 is 25.0 Å². The van der Waals surface area contributed by atoms with Gasteiger partial charge >= 0.3 is 0 Å². The lowest BCUT2D eigenvalue weighted by atomic mass is 9.97. The lowest BCUT2D eigenvalue weighted by Gasteiger charge is -2.41. The number of hydrogen-bond acceptors (Lipinski definition) is 9. The van der Waals surface area contributed by atoms with Crippen molar-refractivity contribution in [2.24, 2.45) is 0 Å². The lowest BCUT2D eigenvalue weighted by Crippen LogP contribution is -2.55. The first kappa shape index (κ1) is 22.2. The highest BCUT2D eigenvalue weighted by atomic mass is 35.5. The predicted molar refractivity (Wildman–Crippen MR) is 113 cm³/mol. The van der Waals surface area contributed by atoms with Gasteiger partial charge in [-0.1, -0.05) is 40.2 Å². The van der Waals surface area contributed by atoms with Gasteiger partial charge in [0, 0.05) is 11.1 Å². The quantitative estimate of drug-likeness (QED) is 0.540. The van der Waals surface area contributed by atoms with Crippen molar-refractivity contribution in [3.8, 4) is 0 Å². The summed E-state index contributed by atoms with van der Waals surface area (Å²) in [5.74, 6) is 0.504. The number of aliphatic hydroxyl groups excluding tert-OH is 3. The first-order valence-corrected chi connectivity index (χ1v) is 11.5. The molecule has 8 nitrogen and oxygen atoms in total. The minimum absolute atomic E-state index is 0.164. The van der Waals surface area contributed by atoms with E-state index < -0.39 is 42.2 Å². The molecule has 0 radical (unpaired) electrons. The fourth-order valence-electron chi connectivity index (χ4n) is 3.18. The molecule has 0 saturated carbocycles. The molecule has 3 N–H and O–H groups in total. The minimum Gasteiger partial charge on any atom is -0.394 e. The Balaban J connectivity index is 1.59. The van der Waals surface area contributed by atoms with Crippen LogP contribution in [0.2, 0.25) is 10.0 Å². The van der Waals surface area contributed by atoms with Crippen molar-refractivity contribution >= 4 is 52.5 Å². The van der Waals surface area contributed by atoms with Gasteiger partial charge in [-0.25, -0.2) is 9.07 Å². The van der Waals surface area contributed by atoms with Gasteiger partial charge in [0.1, 0.15) is 29.8 Å². The number of thioether (sulfide) groups is 2. The SMILES string of the molecule is OC[C@H]1O[C@H](Sc2cc(Cl)c(F)c(Cl)c2)[C@H](O)[C@@H](n2cc(N3C=CSC3)nn2)[C@H]1O. The number of halogens is 3. The molecule has 1 aromatic heterocycles. The zero-order valence-corrected chi connectivity index (χ0v) is 18.3. The summed E-state index contributed by atoms with van der Waals surface area (Å²) in [6.07, 6.45) is 0.0268. The van der Waals surface area contributed by atoms with E-state index in [0.717, 1.165) is 11.8 Å². The largest absolute Gasteiger partial charge is 0.394 e. The molecule has 3 heterocycles. The summed E-state index contributed by atoms with van der Waals surface area (Å²) in [7, 11) is 0. The van der Waals surface area contributed by atoms with E-state index in [0.29, 0.717) is 16.6 Å². The average molecular weight is 495 g/mol. The van der Waals surface area contributed by atoms with E-state index in [9.17, 15) is 19.7 Å². The molecular weight excluding hydrogens is 478 g/mol. The van der Waals surface area contributed by atoms with Crippen LogP contribution in [0.15, 0.2) is 34.8 Å². The Morgan fingerprint density at radius 3 is 2.63 bits per heavy atom. The summed E-state index contributed by atoms with van der Waals surface area (Å²) in [6, 6.07) is 1.80. The molecule has 1 fully saturated rings. The van der Waals surface area contributed by atoms with Crippen molar-refractivity contribution in [3.63, 3.8) is 0 Å². The predicted octanol–water partition coefficient (Wildman–Crippen LogP) is 2.48. The topological polar surface area (TPSA) is 104 Å². The number of aromatic nitrogens is 3. The highest BCUT2D eigenvalue weighted by Crippen LogP contribution is 2.40. The fourth-order valence-corrected chi connectivity index (χ4v) is 5.64. The van der Waals surface area contributed by atoms with Crippen molar-refractivity contribution < 1.29 is 24.4 Å². The number of benzene rings is 1. The summed E-state index contributed by atoms with van der Waals surface area (Å²) in [6.45, 7) is -0.473. The number of anilines is 1. The highest BCUT2D eigenvalue weighted by Gasteiger charge is 2.46. The minimum atomic E-state index is -1.24. The van der Waals surface area contributed by atoms with Gasteiger partial charge in [-0.15, -0.1) is 16.9 Å². The summed E-state index contributed by atoms with van der Waals surface area (Å²) in [4.78, 5) is 2.32. The number of ether oxygens (including phenoxy) is 1. The Bertz CT molecular complexity index is 929. The molecule has 162 valence electrons. The maximum absolute atomic E-state index is 13.7. The second-order valence-electron chi connectivity index (χ2n) is 6.62. The molecule has 0 bridgehead atoms. The van der Waals surface area contributed by atoms with Crippen LogP contribution in [-0.2, 0) is 4.74 Å². The van der Waals surface area contributed by atoms with Gasteiger partial charge in [0.15, 0.2) is 11.6 Å². The molecular formula is C17H17Cl2FN4O4S2. The molecule has 0 aliphatic carbocycles. The van der Waals surface area contributed by atoms with Crippen LogP contribution in [0.4, 0.5) is 10.2 Å². The van der Waals surface area contributed by atoms with Crippen molar-refractivity contribution in [2.45, 2.75) is 34.7 Å². The first-order chi connectivity index (χ1) is 14.4. The second-order valence-corrected chi connectivity index (χ2v) is 9.47. The van der Waals surface area contributed by atoms with E-state index in [-0.39, 0.29) is 10.0 Å². The third kappa shape index (κ3) is 4.30. The van der Waals surface area contributed by atoms with Crippen LogP contribution < -0.4 is 4.90 Å². The molecule has 30 heavy (non-hydrogen) atoms. The Morgan fingerprint density at radius 2 is 2.00 bits per heavy atom.